The van der Waals surface area contributed by atoms with Crippen LogP contribution in [0.15, 0.2) is 0 Å². The zero-order valence-electron chi connectivity index (χ0n) is 12.1. The molecule has 100 valence electrons. The molecule has 1 aliphatic rings. The standard InChI is InChI=1S/C14H28O2Si/c1-14(2,3)17(4,5)16-11-12-9-7-6-8-10-13(12)15/h12H,6-11H2,1-5H3. The number of carbonyl (C=O) groups excluding carboxylic acids is 1. The summed E-state index contributed by atoms with van der Waals surface area (Å²) in [6.45, 7) is 11.9. The van der Waals surface area contributed by atoms with Crippen LogP contribution in [-0.4, -0.2) is 20.7 Å². The van der Waals surface area contributed by atoms with Gasteiger partial charge < -0.3 is 4.43 Å². The van der Waals surface area contributed by atoms with E-state index in [0.29, 0.717) is 12.4 Å². The van der Waals surface area contributed by atoms with E-state index in [1.807, 2.05) is 0 Å². The molecule has 0 aromatic rings. The second kappa shape index (κ2) is 5.66. The molecule has 2 nitrogen and oxygen atoms in total. The number of hydrogen-bond acceptors (Lipinski definition) is 2. The first-order valence-corrected chi connectivity index (χ1v) is 9.81. The molecule has 0 aromatic heterocycles. The van der Waals surface area contributed by atoms with Crippen LogP contribution in [0.2, 0.25) is 18.1 Å². The highest BCUT2D eigenvalue weighted by molar-refractivity contribution is 6.74. The third-order valence-corrected chi connectivity index (χ3v) is 8.88. The van der Waals surface area contributed by atoms with Crippen molar-refractivity contribution < 1.29 is 9.22 Å². The summed E-state index contributed by atoms with van der Waals surface area (Å²) >= 11 is 0. The number of carbonyl (C=O) groups is 1. The Morgan fingerprint density at radius 1 is 1.24 bits per heavy atom. The lowest BCUT2D eigenvalue weighted by molar-refractivity contribution is -0.123. The van der Waals surface area contributed by atoms with Crippen LogP contribution in [-0.2, 0) is 9.22 Å². The molecule has 1 aliphatic carbocycles. The molecule has 0 spiro atoms. The van der Waals surface area contributed by atoms with Gasteiger partial charge in [-0.05, 0) is 31.0 Å². The molecule has 0 aromatic carbocycles. The molecule has 0 aliphatic heterocycles. The van der Waals surface area contributed by atoms with Crippen LogP contribution in [0.25, 0.3) is 0 Å². The Hall–Kier alpha value is -0.153. The first-order valence-electron chi connectivity index (χ1n) is 6.91. The van der Waals surface area contributed by atoms with Gasteiger partial charge in [0.1, 0.15) is 5.78 Å². The lowest BCUT2D eigenvalue weighted by Gasteiger charge is -2.37. The first kappa shape index (κ1) is 14.9. The Morgan fingerprint density at radius 3 is 2.47 bits per heavy atom. The molecule has 0 heterocycles. The van der Waals surface area contributed by atoms with Gasteiger partial charge in [-0.1, -0.05) is 33.6 Å². The van der Waals surface area contributed by atoms with Crippen LogP contribution in [0.1, 0.15) is 52.9 Å². The van der Waals surface area contributed by atoms with Gasteiger partial charge >= 0.3 is 0 Å². The summed E-state index contributed by atoms with van der Waals surface area (Å²) < 4.78 is 6.18. The van der Waals surface area contributed by atoms with Crippen LogP contribution in [0.5, 0.6) is 0 Å². The lowest BCUT2D eigenvalue weighted by atomic mass is 10.0. The van der Waals surface area contributed by atoms with E-state index in [0.717, 1.165) is 19.3 Å². The predicted octanol–water partition coefficient (Wildman–Crippen LogP) is 4.16. The van der Waals surface area contributed by atoms with E-state index >= 15 is 0 Å². The van der Waals surface area contributed by atoms with Gasteiger partial charge in [0.15, 0.2) is 8.32 Å². The van der Waals surface area contributed by atoms with E-state index in [-0.39, 0.29) is 11.0 Å². The van der Waals surface area contributed by atoms with Crippen LogP contribution in [0.3, 0.4) is 0 Å². The normalized spacial score (nSPS) is 23.6. The summed E-state index contributed by atoms with van der Waals surface area (Å²) in [6.07, 6.45) is 5.29. The van der Waals surface area contributed by atoms with Crippen molar-refractivity contribution in [2.75, 3.05) is 6.61 Å². The van der Waals surface area contributed by atoms with Crippen LogP contribution in [0, 0.1) is 5.92 Å². The number of rotatable bonds is 3. The van der Waals surface area contributed by atoms with Crippen molar-refractivity contribution in [1.29, 1.82) is 0 Å². The maximum absolute atomic E-state index is 11.9. The van der Waals surface area contributed by atoms with E-state index in [4.69, 9.17) is 4.43 Å². The summed E-state index contributed by atoms with van der Waals surface area (Å²) in [4.78, 5) is 11.9. The van der Waals surface area contributed by atoms with Crippen molar-refractivity contribution >= 4 is 14.1 Å². The summed E-state index contributed by atoms with van der Waals surface area (Å²) in [5.74, 6) is 0.604. The average molecular weight is 256 g/mol. The molecule has 1 atom stereocenters. The number of hydrogen-bond donors (Lipinski definition) is 0. The SMILES string of the molecule is CC(C)(C)[Si](C)(C)OCC1CCCCCC1=O. The molecular formula is C14H28O2Si. The summed E-state index contributed by atoms with van der Waals surface area (Å²) in [5.41, 5.74) is 0. The molecule has 1 rings (SSSR count). The lowest BCUT2D eigenvalue weighted by Crippen LogP contribution is -2.42. The van der Waals surface area contributed by atoms with Crippen LogP contribution in [0.4, 0.5) is 0 Å². The van der Waals surface area contributed by atoms with Crippen molar-refractivity contribution in [2.24, 2.45) is 5.92 Å². The number of ketones is 1. The highest BCUT2D eigenvalue weighted by Gasteiger charge is 2.38. The third kappa shape index (κ3) is 4.22. The minimum Gasteiger partial charge on any atom is -0.416 e. The largest absolute Gasteiger partial charge is 0.416 e. The molecule has 1 fully saturated rings. The van der Waals surface area contributed by atoms with Gasteiger partial charge in [0.05, 0.1) is 0 Å². The summed E-state index contributed by atoms with van der Waals surface area (Å²) in [5, 5.41) is 0.237. The molecule has 0 saturated heterocycles. The Kier molecular flexibility index (Phi) is 4.96. The van der Waals surface area contributed by atoms with E-state index in [1.54, 1.807) is 0 Å². The molecule has 0 radical (unpaired) electrons. The van der Waals surface area contributed by atoms with Crippen molar-refractivity contribution in [3.63, 3.8) is 0 Å². The van der Waals surface area contributed by atoms with Gasteiger partial charge in [0.25, 0.3) is 0 Å². The highest BCUT2D eigenvalue weighted by Crippen LogP contribution is 2.37. The summed E-state index contributed by atoms with van der Waals surface area (Å²) in [7, 11) is -1.69. The smallest absolute Gasteiger partial charge is 0.192 e. The van der Waals surface area contributed by atoms with Gasteiger partial charge in [-0.2, -0.15) is 0 Å². The Balaban J connectivity index is 2.51. The molecule has 0 amide bonds. The summed E-state index contributed by atoms with van der Waals surface area (Å²) in [6, 6.07) is 0. The molecule has 0 bridgehead atoms. The minimum atomic E-state index is -1.69. The van der Waals surface area contributed by atoms with Gasteiger partial charge in [-0.15, -0.1) is 0 Å². The average Bonchev–Trinajstić information content (AvgIpc) is 2.38. The van der Waals surface area contributed by atoms with E-state index in [9.17, 15) is 4.79 Å². The Morgan fingerprint density at radius 2 is 1.88 bits per heavy atom. The van der Waals surface area contributed by atoms with Crippen molar-refractivity contribution in [1.82, 2.24) is 0 Å². The van der Waals surface area contributed by atoms with Gasteiger partial charge in [-0.25, -0.2) is 0 Å². The van der Waals surface area contributed by atoms with Crippen LogP contribution < -0.4 is 0 Å². The quantitative estimate of drug-likeness (QED) is 0.560. The van der Waals surface area contributed by atoms with Crippen LogP contribution >= 0.6 is 0 Å². The predicted molar refractivity (Wildman–Crippen MR) is 74.7 cm³/mol. The first-order chi connectivity index (χ1) is 7.74. The maximum atomic E-state index is 11.9. The van der Waals surface area contributed by atoms with Gasteiger partial charge in [0, 0.05) is 18.9 Å². The van der Waals surface area contributed by atoms with Crippen molar-refractivity contribution in [3.8, 4) is 0 Å². The van der Waals surface area contributed by atoms with E-state index in [1.165, 1.54) is 12.8 Å². The molecule has 1 saturated carbocycles. The third-order valence-electron chi connectivity index (χ3n) is 4.38. The topological polar surface area (TPSA) is 26.3 Å². The molecule has 17 heavy (non-hydrogen) atoms. The fraction of sp³-hybridized carbons (Fsp3) is 0.929. The van der Waals surface area contributed by atoms with Crippen molar-refractivity contribution in [3.05, 3.63) is 0 Å². The maximum Gasteiger partial charge on any atom is 0.192 e. The monoisotopic (exact) mass is 256 g/mol. The molecule has 1 unspecified atom stereocenters. The number of Topliss-reactive ketones (excluding diaryl/α,β-unsaturated/α-hetero) is 1. The highest BCUT2D eigenvalue weighted by atomic mass is 28.4. The van der Waals surface area contributed by atoms with Gasteiger partial charge in [-0.3, -0.25) is 4.79 Å². The molecule has 3 heteroatoms. The minimum absolute atomic E-state index is 0.173. The van der Waals surface area contributed by atoms with Crippen molar-refractivity contribution in [2.45, 2.75) is 71.0 Å². The Labute approximate surface area is 107 Å². The van der Waals surface area contributed by atoms with Gasteiger partial charge in [0.2, 0.25) is 0 Å². The van der Waals surface area contributed by atoms with E-state index in [2.05, 4.69) is 33.9 Å². The van der Waals surface area contributed by atoms with E-state index < -0.39 is 8.32 Å². The second-order valence-electron chi connectivity index (χ2n) is 6.83. The zero-order chi connectivity index (χ0) is 13.1. The second-order valence-corrected chi connectivity index (χ2v) is 11.6. The fourth-order valence-corrected chi connectivity index (χ4v) is 2.98. The Bertz CT molecular complexity index is 266. The molecule has 0 N–H and O–H groups in total. The zero-order valence-corrected chi connectivity index (χ0v) is 13.1. The fourth-order valence-electron chi connectivity index (χ4n) is 1.93. The molecular weight excluding hydrogens is 228 g/mol.